The third-order valence-electron chi connectivity index (χ3n) is 2.80. The lowest BCUT2D eigenvalue weighted by Crippen LogP contribution is -2.34. The fourth-order valence-corrected chi connectivity index (χ4v) is 2.63. The summed E-state index contributed by atoms with van der Waals surface area (Å²) in [6.45, 7) is 0.515. The van der Waals surface area contributed by atoms with E-state index in [2.05, 4.69) is 21.7 Å². The second kappa shape index (κ2) is 6.23. The Bertz CT molecular complexity index is 537. The Labute approximate surface area is 121 Å². The maximum Gasteiger partial charge on any atom is 0.287 e. The first kappa shape index (κ1) is 14.1. The summed E-state index contributed by atoms with van der Waals surface area (Å²) in [5.41, 5.74) is 1.19. The molecule has 1 unspecified atom stereocenters. The molecule has 0 spiro atoms. The summed E-state index contributed by atoms with van der Waals surface area (Å²) >= 11 is 7.29. The molecular weight excluding hydrogens is 284 g/mol. The average molecular weight is 299 g/mol. The first-order chi connectivity index (χ1) is 9.08. The maximum absolute atomic E-state index is 11.9. The molecule has 4 nitrogen and oxygen atoms in total. The number of halogens is 1. The minimum atomic E-state index is -0.256. The van der Waals surface area contributed by atoms with Gasteiger partial charge in [-0.2, -0.15) is 11.3 Å². The summed E-state index contributed by atoms with van der Waals surface area (Å²) < 4.78 is 5.07. The van der Waals surface area contributed by atoms with Crippen molar-refractivity contribution in [3.63, 3.8) is 0 Å². The van der Waals surface area contributed by atoms with Crippen LogP contribution < -0.4 is 5.32 Å². The third-order valence-corrected chi connectivity index (χ3v) is 3.71. The molecule has 2 heterocycles. The van der Waals surface area contributed by atoms with Gasteiger partial charge in [-0.25, -0.2) is 0 Å². The number of likely N-dealkylation sites (N-methyl/N-ethyl adjacent to an activating group) is 1. The summed E-state index contributed by atoms with van der Waals surface area (Å²) in [5, 5.41) is 7.18. The number of hydrogen-bond donors (Lipinski definition) is 1. The van der Waals surface area contributed by atoms with Crippen LogP contribution >= 0.6 is 22.9 Å². The van der Waals surface area contributed by atoms with Crippen LogP contribution in [0.5, 0.6) is 0 Å². The predicted molar refractivity (Wildman–Crippen MR) is 76.8 cm³/mol. The van der Waals surface area contributed by atoms with Gasteiger partial charge >= 0.3 is 0 Å². The number of carbonyl (C=O) groups is 1. The molecule has 6 heteroatoms. The van der Waals surface area contributed by atoms with Gasteiger partial charge in [-0.1, -0.05) is 0 Å². The quantitative estimate of drug-likeness (QED) is 0.923. The zero-order valence-corrected chi connectivity index (χ0v) is 12.3. The van der Waals surface area contributed by atoms with E-state index < -0.39 is 0 Å². The van der Waals surface area contributed by atoms with Gasteiger partial charge in [0.15, 0.2) is 11.0 Å². The molecule has 0 aromatic carbocycles. The van der Waals surface area contributed by atoms with Crippen molar-refractivity contribution >= 4 is 28.8 Å². The molecular formula is C13H15ClN2O2S. The fourth-order valence-electron chi connectivity index (χ4n) is 1.78. The fraction of sp³-hybridized carbons (Fsp3) is 0.308. The number of nitrogens with zero attached hydrogens (tertiary/aromatic N) is 1. The molecule has 2 rings (SSSR count). The van der Waals surface area contributed by atoms with Gasteiger partial charge in [0.25, 0.3) is 5.91 Å². The Morgan fingerprint density at radius 1 is 1.47 bits per heavy atom. The minimum Gasteiger partial charge on any atom is -0.440 e. The van der Waals surface area contributed by atoms with Crippen LogP contribution in [0, 0.1) is 0 Å². The van der Waals surface area contributed by atoms with Crippen LogP contribution in [0.15, 0.2) is 33.4 Å². The maximum atomic E-state index is 11.9. The SMILES string of the molecule is CN(C)C(CNC(=O)c1ccc(Cl)o1)c1ccsc1. The van der Waals surface area contributed by atoms with E-state index in [0.717, 1.165) is 0 Å². The van der Waals surface area contributed by atoms with Gasteiger partial charge in [0.05, 0.1) is 6.04 Å². The monoisotopic (exact) mass is 298 g/mol. The van der Waals surface area contributed by atoms with E-state index in [-0.39, 0.29) is 22.9 Å². The number of amides is 1. The Morgan fingerprint density at radius 2 is 2.26 bits per heavy atom. The molecule has 2 aromatic rings. The van der Waals surface area contributed by atoms with Gasteiger partial charge in [0, 0.05) is 6.54 Å². The molecule has 2 aromatic heterocycles. The normalized spacial score (nSPS) is 12.6. The second-order valence-corrected chi connectivity index (χ2v) is 5.50. The minimum absolute atomic E-state index is 0.139. The van der Waals surface area contributed by atoms with E-state index in [9.17, 15) is 4.79 Å². The number of nitrogens with one attached hydrogen (secondary N) is 1. The van der Waals surface area contributed by atoms with Crippen molar-refractivity contribution in [2.45, 2.75) is 6.04 Å². The summed E-state index contributed by atoms with van der Waals surface area (Å²) in [5.74, 6) is -0.0261. The molecule has 0 radical (unpaired) electrons. The van der Waals surface area contributed by atoms with Crippen molar-refractivity contribution in [1.29, 1.82) is 0 Å². The zero-order chi connectivity index (χ0) is 13.8. The lowest BCUT2D eigenvalue weighted by atomic mass is 10.1. The Hall–Kier alpha value is -1.30. The summed E-state index contributed by atoms with van der Waals surface area (Å²) in [7, 11) is 3.97. The molecule has 0 aliphatic carbocycles. The lowest BCUT2D eigenvalue weighted by Gasteiger charge is -2.23. The van der Waals surface area contributed by atoms with Crippen molar-refractivity contribution in [2.75, 3.05) is 20.6 Å². The van der Waals surface area contributed by atoms with Crippen molar-refractivity contribution in [3.8, 4) is 0 Å². The number of carbonyl (C=O) groups excluding carboxylic acids is 1. The van der Waals surface area contributed by atoms with Gasteiger partial charge in [0.1, 0.15) is 0 Å². The molecule has 19 heavy (non-hydrogen) atoms. The van der Waals surface area contributed by atoms with Gasteiger partial charge in [-0.3, -0.25) is 4.79 Å². The van der Waals surface area contributed by atoms with Crippen molar-refractivity contribution in [2.24, 2.45) is 0 Å². The highest BCUT2D eigenvalue weighted by atomic mass is 35.5. The zero-order valence-electron chi connectivity index (χ0n) is 10.7. The Kier molecular flexibility index (Phi) is 4.63. The largest absolute Gasteiger partial charge is 0.440 e. The smallest absolute Gasteiger partial charge is 0.287 e. The van der Waals surface area contributed by atoms with Gasteiger partial charge in [-0.15, -0.1) is 0 Å². The molecule has 102 valence electrons. The molecule has 1 N–H and O–H groups in total. The molecule has 0 fully saturated rings. The van der Waals surface area contributed by atoms with E-state index in [0.29, 0.717) is 6.54 Å². The van der Waals surface area contributed by atoms with Crippen LogP contribution in [0.25, 0.3) is 0 Å². The molecule has 0 aliphatic rings. The van der Waals surface area contributed by atoms with E-state index >= 15 is 0 Å². The molecule has 1 atom stereocenters. The number of furan rings is 1. The van der Waals surface area contributed by atoms with Crippen LogP contribution in [0.2, 0.25) is 5.22 Å². The summed E-state index contributed by atoms with van der Waals surface area (Å²) in [4.78, 5) is 13.9. The van der Waals surface area contributed by atoms with Crippen LogP contribution in [0.4, 0.5) is 0 Å². The Balaban J connectivity index is 1.98. The van der Waals surface area contributed by atoms with Crippen LogP contribution in [0.3, 0.4) is 0 Å². The molecule has 0 aliphatic heterocycles. The summed E-state index contributed by atoms with van der Waals surface area (Å²) in [6.07, 6.45) is 0. The van der Waals surface area contributed by atoms with E-state index in [4.69, 9.17) is 16.0 Å². The number of rotatable bonds is 5. The Morgan fingerprint density at radius 3 is 2.79 bits per heavy atom. The van der Waals surface area contributed by atoms with Crippen molar-refractivity contribution in [1.82, 2.24) is 10.2 Å². The van der Waals surface area contributed by atoms with Crippen LogP contribution in [-0.2, 0) is 0 Å². The standard InChI is InChI=1S/C13H15ClN2O2S/c1-16(2)10(9-5-6-19-8-9)7-15-13(17)11-3-4-12(14)18-11/h3-6,8,10H,7H2,1-2H3,(H,15,17). The van der Waals surface area contributed by atoms with Crippen molar-refractivity contribution < 1.29 is 9.21 Å². The lowest BCUT2D eigenvalue weighted by molar-refractivity contribution is 0.0914. The topological polar surface area (TPSA) is 45.5 Å². The van der Waals surface area contributed by atoms with E-state index in [1.54, 1.807) is 23.5 Å². The summed E-state index contributed by atoms with van der Waals surface area (Å²) in [6, 6.07) is 5.32. The van der Waals surface area contributed by atoms with Gasteiger partial charge < -0.3 is 14.6 Å². The van der Waals surface area contributed by atoms with E-state index in [1.807, 2.05) is 19.5 Å². The first-order valence-corrected chi connectivity index (χ1v) is 7.12. The highest BCUT2D eigenvalue weighted by Gasteiger charge is 2.17. The van der Waals surface area contributed by atoms with Crippen LogP contribution in [-0.4, -0.2) is 31.4 Å². The molecule has 0 bridgehead atoms. The predicted octanol–water partition coefficient (Wildman–Crippen LogP) is 3.03. The van der Waals surface area contributed by atoms with Crippen molar-refractivity contribution in [3.05, 3.63) is 45.5 Å². The molecule has 0 saturated carbocycles. The van der Waals surface area contributed by atoms with Gasteiger partial charge in [-0.05, 0) is 60.2 Å². The highest BCUT2D eigenvalue weighted by Crippen LogP contribution is 2.20. The van der Waals surface area contributed by atoms with Crippen LogP contribution in [0.1, 0.15) is 22.2 Å². The van der Waals surface area contributed by atoms with E-state index in [1.165, 1.54) is 5.56 Å². The average Bonchev–Trinajstić information content (AvgIpc) is 3.00. The first-order valence-electron chi connectivity index (χ1n) is 5.80. The highest BCUT2D eigenvalue weighted by molar-refractivity contribution is 7.07. The number of thiophene rings is 1. The molecule has 1 amide bonds. The second-order valence-electron chi connectivity index (χ2n) is 4.35. The number of hydrogen-bond acceptors (Lipinski definition) is 4. The third kappa shape index (κ3) is 3.59. The van der Waals surface area contributed by atoms with Gasteiger partial charge in [0.2, 0.25) is 0 Å². The molecule has 0 saturated heterocycles.